The third-order valence-electron chi connectivity index (χ3n) is 3.02. The van der Waals surface area contributed by atoms with Crippen LogP contribution in [0, 0.1) is 12.8 Å². The number of aliphatic imine (C=N–C) groups is 1. The number of rotatable bonds is 8. The van der Waals surface area contributed by atoms with E-state index in [4.69, 9.17) is 9.26 Å². The summed E-state index contributed by atoms with van der Waals surface area (Å²) in [5.74, 6) is 2.75. The van der Waals surface area contributed by atoms with Crippen LogP contribution in [0.1, 0.15) is 31.0 Å². The normalized spacial score (nSPS) is 14.7. The number of halogens is 1. The second-order valence-corrected chi connectivity index (χ2v) is 4.95. The minimum atomic E-state index is 0. The molecule has 1 fully saturated rings. The van der Waals surface area contributed by atoms with Crippen molar-refractivity contribution >= 4 is 29.9 Å². The van der Waals surface area contributed by atoms with Crippen molar-refractivity contribution in [1.29, 1.82) is 0 Å². The molecule has 0 unspecified atom stereocenters. The summed E-state index contributed by atoms with van der Waals surface area (Å²) in [5, 5.41) is 10.2. The fourth-order valence-electron chi connectivity index (χ4n) is 1.71. The zero-order chi connectivity index (χ0) is 14.2. The first-order valence-electron chi connectivity index (χ1n) is 7.09. The lowest BCUT2D eigenvalue weighted by Gasteiger charge is -2.10. The zero-order valence-electron chi connectivity index (χ0n) is 12.6. The minimum absolute atomic E-state index is 0. The van der Waals surface area contributed by atoms with Crippen molar-refractivity contribution in [2.45, 2.75) is 32.7 Å². The number of nitrogens with zero attached hydrogens (tertiary/aromatic N) is 3. The number of aryl methyl sites for hydroxylation is 1. The average Bonchev–Trinajstić information content (AvgIpc) is 3.18. The van der Waals surface area contributed by atoms with Gasteiger partial charge in [-0.3, -0.25) is 4.99 Å². The highest BCUT2D eigenvalue weighted by Crippen LogP contribution is 2.28. The van der Waals surface area contributed by atoms with Gasteiger partial charge in [0, 0.05) is 33.7 Å². The molecule has 1 aliphatic rings. The molecule has 1 heterocycles. The maximum absolute atomic E-state index is 5.57. The van der Waals surface area contributed by atoms with E-state index in [1.807, 2.05) is 0 Å². The van der Waals surface area contributed by atoms with Crippen molar-refractivity contribution < 1.29 is 9.26 Å². The molecule has 0 bridgehead atoms. The lowest BCUT2D eigenvalue weighted by Crippen LogP contribution is -2.37. The Labute approximate surface area is 142 Å². The van der Waals surface area contributed by atoms with Gasteiger partial charge in [0.25, 0.3) is 0 Å². The highest BCUT2D eigenvalue weighted by molar-refractivity contribution is 14.0. The van der Waals surface area contributed by atoms with Crippen LogP contribution in [0.15, 0.2) is 9.52 Å². The third-order valence-corrected chi connectivity index (χ3v) is 3.02. The molecule has 1 saturated carbocycles. The number of ether oxygens (including phenoxy) is 1. The first kappa shape index (κ1) is 18.1. The van der Waals surface area contributed by atoms with E-state index in [-0.39, 0.29) is 24.0 Å². The molecule has 1 aromatic rings. The topological polar surface area (TPSA) is 84.6 Å². The summed E-state index contributed by atoms with van der Waals surface area (Å²) < 4.78 is 10.5. The maximum Gasteiger partial charge on any atom is 0.223 e. The summed E-state index contributed by atoms with van der Waals surface area (Å²) in [7, 11) is 1.74. The van der Waals surface area contributed by atoms with Gasteiger partial charge in [-0.1, -0.05) is 5.16 Å². The van der Waals surface area contributed by atoms with Crippen molar-refractivity contribution in [2.75, 3.05) is 26.8 Å². The van der Waals surface area contributed by atoms with Crippen molar-refractivity contribution in [3.8, 4) is 0 Å². The Hall–Kier alpha value is -0.900. The second-order valence-electron chi connectivity index (χ2n) is 4.95. The molecule has 0 spiro atoms. The average molecular weight is 409 g/mol. The van der Waals surface area contributed by atoms with Gasteiger partial charge in [0.05, 0.1) is 6.54 Å². The Balaban J connectivity index is 0.00000220. The first-order chi connectivity index (χ1) is 9.78. The minimum Gasteiger partial charge on any atom is -0.381 e. The lowest BCUT2D eigenvalue weighted by atomic mass is 10.4. The summed E-state index contributed by atoms with van der Waals surface area (Å²) in [5.41, 5.74) is 0. The Morgan fingerprint density at radius 3 is 2.86 bits per heavy atom. The Morgan fingerprint density at radius 2 is 2.24 bits per heavy atom. The summed E-state index contributed by atoms with van der Waals surface area (Å²) in [4.78, 5) is 8.25. The van der Waals surface area contributed by atoms with Crippen LogP contribution in [0.3, 0.4) is 0 Å². The van der Waals surface area contributed by atoms with Gasteiger partial charge in [0.1, 0.15) is 0 Å². The third kappa shape index (κ3) is 7.60. The van der Waals surface area contributed by atoms with Crippen molar-refractivity contribution in [3.63, 3.8) is 0 Å². The molecule has 2 N–H and O–H groups in total. The predicted molar refractivity (Wildman–Crippen MR) is 90.8 cm³/mol. The van der Waals surface area contributed by atoms with Gasteiger partial charge in [0.2, 0.25) is 5.89 Å². The van der Waals surface area contributed by atoms with Crippen LogP contribution >= 0.6 is 24.0 Å². The van der Waals surface area contributed by atoms with Crippen molar-refractivity contribution in [3.05, 3.63) is 11.7 Å². The van der Waals surface area contributed by atoms with Crippen LogP contribution in [0.4, 0.5) is 0 Å². The Morgan fingerprint density at radius 1 is 1.43 bits per heavy atom. The van der Waals surface area contributed by atoms with E-state index in [9.17, 15) is 0 Å². The largest absolute Gasteiger partial charge is 0.381 e. The molecule has 0 aromatic carbocycles. The fraction of sp³-hybridized carbons (Fsp3) is 0.769. The molecule has 0 amide bonds. The Bertz CT molecular complexity index is 434. The standard InChI is InChI=1S/C13H23N5O2.HI/c1-10-17-12(18-20-10)8-16-13(14-2)15-6-3-7-19-9-11-4-5-11;/h11H,3-9H2,1-2H3,(H2,14,15,16);1H. The van der Waals surface area contributed by atoms with Gasteiger partial charge in [-0.05, 0) is 25.2 Å². The van der Waals surface area contributed by atoms with Crippen LogP contribution in [0.2, 0.25) is 0 Å². The first-order valence-corrected chi connectivity index (χ1v) is 7.09. The summed E-state index contributed by atoms with van der Waals surface area (Å²) >= 11 is 0. The molecular formula is C13H24IN5O2. The van der Waals surface area contributed by atoms with E-state index in [0.29, 0.717) is 18.3 Å². The molecular weight excluding hydrogens is 385 g/mol. The summed E-state index contributed by atoms with van der Waals surface area (Å²) in [6.45, 7) is 4.81. The number of hydrogen-bond donors (Lipinski definition) is 2. The second kappa shape index (κ2) is 9.93. The van der Waals surface area contributed by atoms with E-state index in [2.05, 4.69) is 25.8 Å². The molecule has 21 heavy (non-hydrogen) atoms. The zero-order valence-corrected chi connectivity index (χ0v) is 14.9. The molecule has 7 nitrogen and oxygen atoms in total. The van der Waals surface area contributed by atoms with Crippen molar-refractivity contribution in [1.82, 2.24) is 20.8 Å². The maximum atomic E-state index is 5.57. The highest BCUT2D eigenvalue weighted by atomic mass is 127. The molecule has 0 aliphatic heterocycles. The molecule has 0 saturated heterocycles. The quantitative estimate of drug-likeness (QED) is 0.293. The van der Waals surface area contributed by atoms with Crippen LogP contribution in [0.5, 0.6) is 0 Å². The molecule has 120 valence electrons. The molecule has 2 rings (SSSR count). The smallest absolute Gasteiger partial charge is 0.223 e. The van der Waals surface area contributed by atoms with Crippen LogP contribution in [-0.4, -0.2) is 42.9 Å². The van der Waals surface area contributed by atoms with Crippen LogP contribution in [-0.2, 0) is 11.3 Å². The number of aromatic nitrogens is 2. The van der Waals surface area contributed by atoms with E-state index in [1.54, 1.807) is 14.0 Å². The SMILES string of the molecule is CN=C(NCCCOCC1CC1)NCc1noc(C)n1.I. The molecule has 1 aliphatic carbocycles. The molecule has 8 heteroatoms. The van der Waals surface area contributed by atoms with Crippen LogP contribution in [0.25, 0.3) is 0 Å². The van der Waals surface area contributed by atoms with E-state index >= 15 is 0 Å². The fourth-order valence-corrected chi connectivity index (χ4v) is 1.71. The van der Waals surface area contributed by atoms with Crippen molar-refractivity contribution in [2.24, 2.45) is 10.9 Å². The van der Waals surface area contributed by atoms with E-state index < -0.39 is 0 Å². The van der Waals surface area contributed by atoms with Gasteiger partial charge >= 0.3 is 0 Å². The lowest BCUT2D eigenvalue weighted by molar-refractivity contribution is 0.123. The van der Waals surface area contributed by atoms with Gasteiger partial charge < -0.3 is 19.9 Å². The number of hydrogen-bond acceptors (Lipinski definition) is 5. The van der Waals surface area contributed by atoms with Gasteiger partial charge in [-0.15, -0.1) is 24.0 Å². The summed E-state index contributed by atoms with van der Waals surface area (Å²) in [6, 6.07) is 0. The molecule has 0 atom stereocenters. The van der Waals surface area contributed by atoms with Gasteiger partial charge in [-0.25, -0.2) is 0 Å². The number of nitrogens with one attached hydrogen (secondary N) is 2. The molecule has 1 aromatic heterocycles. The van der Waals surface area contributed by atoms with E-state index in [1.165, 1.54) is 12.8 Å². The Kier molecular flexibility index (Phi) is 8.58. The van der Waals surface area contributed by atoms with Gasteiger partial charge in [-0.2, -0.15) is 4.98 Å². The monoisotopic (exact) mass is 409 g/mol. The van der Waals surface area contributed by atoms with Gasteiger partial charge in [0.15, 0.2) is 11.8 Å². The van der Waals surface area contributed by atoms with E-state index in [0.717, 1.165) is 38.1 Å². The highest BCUT2D eigenvalue weighted by Gasteiger charge is 2.20. The predicted octanol–water partition coefficient (Wildman–Crippen LogP) is 1.48. The van der Waals surface area contributed by atoms with Crippen LogP contribution < -0.4 is 10.6 Å². The number of guanidine groups is 1. The summed E-state index contributed by atoms with van der Waals surface area (Å²) in [6.07, 6.45) is 3.64. The molecule has 0 radical (unpaired) electrons.